The number of halogens is 2. The van der Waals surface area contributed by atoms with Crippen LogP contribution in [0.25, 0.3) is 10.1 Å². The molecule has 0 radical (unpaired) electrons. The van der Waals surface area contributed by atoms with E-state index in [-0.39, 0.29) is 18.4 Å². The van der Waals surface area contributed by atoms with Gasteiger partial charge in [-0.1, -0.05) is 35.3 Å². The number of piperazine rings is 1. The van der Waals surface area contributed by atoms with Crippen LogP contribution in [0.5, 0.6) is 5.75 Å². The van der Waals surface area contributed by atoms with E-state index in [1.807, 2.05) is 35.2 Å². The molecule has 2 heterocycles. The highest BCUT2D eigenvalue weighted by molar-refractivity contribution is 7.21. The highest BCUT2D eigenvalue weighted by atomic mass is 35.5. The Balaban J connectivity index is 1.33. The van der Waals surface area contributed by atoms with E-state index in [4.69, 9.17) is 27.9 Å². The molecule has 3 aromatic rings. The van der Waals surface area contributed by atoms with E-state index in [9.17, 15) is 9.59 Å². The molecular weight excluding hydrogens is 457 g/mol. The maximum atomic E-state index is 13.0. The van der Waals surface area contributed by atoms with Crippen molar-refractivity contribution in [3.8, 4) is 5.75 Å². The summed E-state index contributed by atoms with van der Waals surface area (Å²) in [4.78, 5) is 29.8. The standard InChI is InChI=1S/C22H21Cl2N3O3S/c1-30-16-4-2-3-15(12-16)25-19(28)13-26-7-9-27(10-8-26)22(29)21-20(24)17-6-5-14(23)11-18(17)31-21/h2-6,11-12H,7-10,13H2,1H3,(H,25,28). The number of rotatable bonds is 5. The third kappa shape index (κ3) is 4.96. The Morgan fingerprint density at radius 1 is 1.10 bits per heavy atom. The Labute approximate surface area is 194 Å². The quantitative estimate of drug-likeness (QED) is 0.582. The van der Waals surface area contributed by atoms with Crippen LogP contribution < -0.4 is 10.1 Å². The summed E-state index contributed by atoms with van der Waals surface area (Å²) in [5, 5.41) is 4.81. The van der Waals surface area contributed by atoms with Crippen molar-refractivity contribution in [1.29, 1.82) is 0 Å². The fourth-order valence-electron chi connectivity index (χ4n) is 3.53. The summed E-state index contributed by atoms with van der Waals surface area (Å²) >= 11 is 13.9. The van der Waals surface area contributed by atoms with Gasteiger partial charge in [0.05, 0.1) is 18.7 Å². The average molecular weight is 478 g/mol. The molecule has 0 atom stereocenters. The van der Waals surface area contributed by atoms with Crippen molar-refractivity contribution < 1.29 is 14.3 Å². The second-order valence-electron chi connectivity index (χ2n) is 7.23. The number of benzene rings is 2. The lowest BCUT2D eigenvalue weighted by molar-refractivity contribution is -0.117. The molecule has 1 aromatic heterocycles. The highest BCUT2D eigenvalue weighted by Crippen LogP contribution is 2.37. The summed E-state index contributed by atoms with van der Waals surface area (Å²) in [5.74, 6) is 0.507. The summed E-state index contributed by atoms with van der Waals surface area (Å²) in [6.07, 6.45) is 0. The summed E-state index contributed by atoms with van der Waals surface area (Å²) < 4.78 is 6.07. The first-order valence-electron chi connectivity index (χ1n) is 9.77. The lowest BCUT2D eigenvalue weighted by atomic mass is 10.2. The predicted octanol–water partition coefficient (Wildman–Crippen LogP) is 4.61. The number of hydrogen-bond donors (Lipinski definition) is 1. The van der Waals surface area contributed by atoms with E-state index >= 15 is 0 Å². The van der Waals surface area contributed by atoms with Crippen LogP contribution in [0.15, 0.2) is 42.5 Å². The fourth-order valence-corrected chi connectivity index (χ4v) is 5.29. The lowest BCUT2D eigenvalue weighted by Gasteiger charge is -2.34. The van der Waals surface area contributed by atoms with Gasteiger partial charge in [-0.15, -0.1) is 11.3 Å². The van der Waals surface area contributed by atoms with Gasteiger partial charge in [0, 0.05) is 53.0 Å². The Bertz CT molecular complexity index is 1130. The van der Waals surface area contributed by atoms with Gasteiger partial charge in [-0.3, -0.25) is 14.5 Å². The number of carbonyl (C=O) groups is 2. The molecule has 1 saturated heterocycles. The predicted molar refractivity (Wildman–Crippen MR) is 126 cm³/mol. The second-order valence-corrected chi connectivity index (χ2v) is 9.10. The topological polar surface area (TPSA) is 61.9 Å². The number of methoxy groups -OCH3 is 1. The molecule has 1 aliphatic heterocycles. The molecule has 0 unspecified atom stereocenters. The molecule has 2 aromatic carbocycles. The first-order chi connectivity index (χ1) is 14.9. The fraction of sp³-hybridized carbons (Fsp3) is 0.273. The number of nitrogens with zero attached hydrogens (tertiary/aromatic N) is 2. The molecular formula is C22H21Cl2N3O3S. The maximum absolute atomic E-state index is 13.0. The number of thiophene rings is 1. The number of anilines is 1. The van der Waals surface area contributed by atoms with Crippen molar-refractivity contribution in [3.63, 3.8) is 0 Å². The van der Waals surface area contributed by atoms with Gasteiger partial charge in [0.15, 0.2) is 0 Å². The van der Waals surface area contributed by atoms with E-state index in [1.54, 1.807) is 24.1 Å². The minimum absolute atomic E-state index is 0.0807. The van der Waals surface area contributed by atoms with Gasteiger partial charge in [0.25, 0.3) is 5.91 Å². The van der Waals surface area contributed by atoms with Gasteiger partial charge in [-0.25, -0.2) is 0 Å². The lowest BCUT2D eigenvalue weighted by Crippen LogP contribution is -2.50. The summed E-state index contributed by atoms with van der Waals surface area (Å²) in [5.41, 5.74) is 0.692. The number of carbonyl (C=O) groups excluding carboxylic acids is 2. The third-order valence-electron chi connectivity index (χ3n) is 5.17. The Hall–Kier alpha value is -2.32. The smallest absolute Gasteiger partial charge is 0.265 e. The average Bonchev–Trinajstić information content (AvgIpc) is 3.09. The van der Waals surface area contributed by atoms with Crippen LogP contribution in [0.1, 0.15) is 9.67 Å². The second kappa shape index (κ2) is 9.44. The zero-order valence-electron chi connectivity index (χ0n) is 16.9. The third-order valence-corrected chi connectivity index (χ3v) is 7.05. The Morgan fingerprint density at radius 2 is 1.87 bits per heavy atom. The number of ether oxygens (including phenoxy) is 1. The number of fused-ring (bicyclic) bond motifs is 1. The Kier molecular flexibility index (Phi) is 6.67. The van der Waals surface area contributed by atoms with Crippen molar-refractivity contribution in [2.24, 2.45) is 0 Å². The van der Waals surface area contributed by atoms with Crippen molar-refractivity contribution in [3.05, 3.63) is 57.4 Å². The molecule has 1 aliphatic rings. The van der Waals surface area contributed by atoms with E-state index in [2.05, 4.69) is 5.32 Å². The molecule has 1 fully saturated rings. The van der Waals surface area contributed by atoms with Gasteiger partial charge in [-0.2, -0.15) is 0 Å². The van der Waals surface area contributed by atoms with Crippen LogP contribution in [0.3, 0.4) is 0 Å². The number of hydrogen-bond acceptors (Lipinski definition) is 5. The van der Waals surface area contributed by atoms with Crippen molar-refractivity contribution >= 4 is 62.1 Å². The van der Waals surface area contributed by atoms with Crippen molar-refractivity contribution in [2.75, 3.05) is 45.2 Å². The first-order valence-corrected chi connectivity index (χ1v) is 11.3. The Morgan fingerprint density at radius 3 is 2.61 bits per heavy atom. The molecule has 162 valence electrons. The highest BCUT2D eigenvalue weighted by Gasteiger charge is 2.26. The van der Waals surface area contributed by atoms with Crippen LogP contribution in [0.4, 0.5) is 5.69 Å². The van der Waals surface area contributed by atoms with E-state index < -0.39 is 0 Å². The molecule has 0 saturated carbocycles. The maximum Gasteiger partial charge on any atom is 0.265 e. The van der Waals surface area contributed by atoms with Crippen LogP contribution >= 0.6 is 34.5 Å². The molecule has 31 heavy (non-hydrogen) atoms. The zero-order valence-corrected chi connectivity index (χ0v) is 19.2. The first kappa shape index (κ1) is 21.9. The zero-order chi connectivity index (χ0) is 22.0. The minimum atomic E-state index is -0.0996. The van der Waals surface area contributed by atoms with Crippen LogP contribution in [0, 0.1) is 0 Å². The molecule has 2 amide bonds. The normalized spacial score (nSPS) is 14.6. The molecule has 0 spiro atoms. The molecule has 4 rings (SSSR count). The molecule has 1 N–H and O–H groups in total. The van der Waals surface area contributed by atoms with E-state index in [0.717, 1.165) is 10.1 Å². The molecule has 9 heteroatoms. The van der Waals surface area contributed by atoms with Gasteiger partial charge in [0.2, 0.25) is 5.91 Å². The van der Waals surface area contributed by atoms with Crippen molar-refractivity contribution in [1.82, 2.24) is 9.80 Å². The number of amides is 2. The van der Waals surface area contributed by atoms with Gasteiger partial charge in [-0.05, 0) is 24.3 Å². The van der Waals surface area contributed by atoms with Gasteiger partial charge >= 0.3 is 0 Å². The molecule has 0 bridgehead atoms. The molecule has 6 nitrogen and oxygen atoms in total. The number of nitrogens with one attached hydrogen (secondary N) is 1. The van der Waals surface area contributed by atoms with Crippen molar-refractivity contribution in [2.45, 2.75) is 0 Å². The summed E-state index contributed by atoms with van der Waals surface area (Å²) in [6, 6.07) is 12.7. The van der Waals surface area contributed by atoms with E-state index in [0.29, 0.717) is 52.5 Å². The van der Waals surface area contributed by atoms with Crippen LogP contribution in [0.2, 0.25) is 10.0 Å². The van der Waals surface area contributed by atoms with Gasteiger partial charge in [0.1, 0.15) is 10.6 Å². The monoisotopic (exact) mass is 477 g/mol. The SMILES string of the molecule is COc1cccc(NC(=O)CN2CCN(C(=O)c3sc4cc(Cl)ccc4c3Cl)CC2)c1. The minimum Gasteiger partial charge on any atom is -0.497 e. The summed E-state index contributed by atoms with van der Waals surface area (Å²) in [7, 11) is 1.59. The van der Waals surface area contributed by atoms with Crippen LogP contribution in [-0.2, 0) is 4.79 Å². The largest absolute Gasteiger partial charge is 0.497 e. The molecule has 0 aliphatic carbocycles. The van der Waals surface area contributed by atoms with E-state index in [1.165, 1.54) is 11.3 Å². The summed E-state index contributed by atoms with van der Waals surface area (Å²) in [6.45, 7) is 2.58. The van der Waals surface area contributed by atoms with Gasteiger partial charge < -0.3 is 15.0 Å². The van der Waals surface area contributed by atoms with Crippen LogP contribution in [-0.4, -0.2) is 61.4 Å².